The first-order valence-corrected chi connectivity index (χ1v) is 12.0. The Balaban J connectivity index is 1.76. The summed E-state index contributed by atoms with van der Waals surface area (Å²) in [5.41, 5.74) is 0.946. The lowest BCUT2D eigenvalue weighted by Crippen LogP contribution is -2.48. The van der Waals surface area contributed by atoms with Gasteiger partial charge in [-0.05, 0) is 31.0 Å². The van der Waals surface area contributed by atoms with E-state index in [1.165, 1.54) is 17.0 Å². The summed E-state index contributed by atoms with van der Waals surface area (Å²) in [5, 5.41) is 2.79. The minimum atomic E-state index is -3.99. The van der Waals surface area contributed by atoms with Gasteiger partial charge in [-0.25, -0.2) is 12.7 Å². The lowest BCUT2D eigenvalue weighted by molar-refractivity contribution is -0.140. The summed E-state index contributed by atoms with van der Waals surface area (Å²) < 4.78 is 26.2. The number of nitrogens with zero attached hydrogens (tertiary/aromatic N) is 2. The van der Waals surface area contributed by atoms with Crippen LogP contribution in [0.25, 0.3) is 0 Å². The molecule has 0 fully saturated rings. The maximum atomic E-state index is 13.1. The van der Waals surface area contributed by atoms with Crippen molar-refractivity contribution in [1.82, 2.24) is 14.5 Å². The Bertz CT molecular complexity index is 1100. The number of carbonyl (C=O) groups excluding carboxylic acids is 3. The number of nitrogens with one attached hydrogen (secondary N) is 1. The van der Waals surface area contributed by atoms with Crippen LogP contribution in [0.4, 0.5) is 0 Å². The van der Waals surface area contributed by atoms with Crippen LogP contribution in [0.3, 0.4) is 0 Å². The zero-order valence-electron chi connectivity index (χ0n) is 18.2. The van der Waals surface area contributed by atoms with Crippen LogP contribution in [-0.4, -0.2) is 54.5 Å². The summed E-state index contributed by atoms with van der Waals surface area (Å²) in [7, 11) is -3.99. The van der Waals surface area contributed by atoms with Crippen molar-refractivity contribution in [3.05, 3.63) is 65.7 Å². The number of hydrogen-bond acceptors (Lipinski definition) is 5. The molecule has 1 aliphatic heterocycles. The van der Waals surface area contributed by atoms with Gasteiger partial charge in [-0.1, -0.05) is 49.4 Å². The van der Waals surface area contributed by atoms with E-state index in [0.29, 0.717) is 6.54 Å². The number of hydrogen-bond donors (Lipinski definition) is 1. The third-order valence-corrected chi connectivity index (χ3v) is 7.19. The fraction of sp³-hybridized carbons (Fsp3) is 0.348. The van der Waals surface area contributed by atoms with Crippen molar-refractivity contribution in [3.63, 3.8) is 0 Å². The van der Waals surface area contributed by atoms with Crippen LogP contribution in [-0.2, 0) is 26.2 Å². The second-order valence-electron chi connectivity index (χ2n) is 7.60. The summed E-state index contributed by atoms with van der Waals surface area (Å²) in [5.74, 6) is -1.34. The molecule has 2 aromatic rings. The molecule has 3 amide bonds. The number of carbonyl (C=O) groups is 3. The van der Waals surface area contributed by atoms with Gasteiger partial charge in [0.15, 0.2) is 0 Å². The zero-order valence-corrected chi connectivity index (χ0v) is 19.0. The van der Waals surface area contributed by atoms with Crippen molar-refractivity contribution < 1.29 is 22.8 Å². The molecule has 2 aromatic carbocycles. The summed E-state index contributed by atoms with van der Waals surface area (Å²) in [6.07, 6.45) is 0.539. The lowest BCUT2D eigenvalue weighted by atomic mass is 10.1. The second kappa shape index (κ2) is 9.95. The van der Waals surface area contributed by atoms with Crippen molar-refractivity contribution in [2.45, 2.75) is 44.2 Å². The maximum absolute atomic E-state index is 13.1. The number of sulfonamides is 1. The molecule has 32 heavy (non-hydrogen) atoms. The third kappa shape index (κ3) is 4.83. The van der Waals surface area contributed by atoms with Gasteiger partial charge in [0.05, 0.1) is 5.56 Å². The highest BCUT2D eigenvalue weighted by molar-refractivity contribution is 7.90. The molecule has 8 nitrogen and oxygen atoms in total. The normalized spacial score (nSPS) is 15.2. The average molecular weight is 458 g/mol. The third-order valence-electron chi connectivity index (χ3n) is 5.35. The molecule has 0 saturated carbocycles. The van der Waals surface area contributed by atoms with E-state index in [2.05, 4.69) is 5.32 Å². The topological polar surface area (TPSA) is 104 Å². The minimum absolute atomic E-state index is 0.0501. The number of amides is 3. The molecule has 0 aliphatic carbocycles. The zero-order chi connectivity index (χ0) is 23.3. The Morgan fingerprint density at radius 3 is 2.38 bits per heavy atom. The molecule has 0 radical (unpaired) electrons. The predicted molar refractivity (Wildman–Crippen MR) is 119 cm³/mol. The summed E-state index contributed by atoms with van der Waals surface area (Å²) >= 11 is 0. The Morgan fingerprint density at radius 1 is 1.06 bits per heavy atom. The van der Waals surface area contributed by atoms with E-state index >= 15 is 0 Å². The summed E-state index contributed by atoms with van der Waals surface area (Å²) in [6.45, 7) is 3.97. The fourth-order valence-electron chi connectivity index (χ4n) is 3.55. The predicted octanol–water partition coefficient (Wildman–Crippen LogP) is 2.16. The van der Waals surface area contributed by atoms with E-state index in [9.17, 15) is 22.8 Å². The molecule has 1 atom stereocenters. The summed E-state index contributed by atoms with van der Waals surface area (Å²) in [4.78, 5) is 39.6. The van der Waals surface area contributed by atoms with Gasteiger partial charge in [-0.3, -0.25) is 14.4 Å². The van der Waals surface area contributed by atoms with Crippen LogP contribution < -0.4 is 5.32 Å². The van der Waals surface area contributed by atoms with Crippen LogP contribution in [0.5, 0.6) is 0 Å². The molecule has 1 N–H and O–H groups in total. The number of benzene rings is 2. The molecular formula is C23H27N3O5S. The molecule has 0 saturated heterocycles. The first-order chi connectivity index (χ1) is 15.3. The van der Waals surface area contributed by atoms with Gasteiger partial charge in [0.25, 0.3) is 15.9 Å². The van der Waals surface area contributed by atoms with Crippen LogP contribution in [0.15, 0.2) is 59.5 Å². The molecule has 0 spiro atoms. The van der Waals surface area contributed by atoms with Crippen molar-refractivity contribution in [3.8, 4) is 0 Å². The van der Waals surface area contributed by atoms with E-state index < -0.39 is 27.9 Å². The van der Waals surface area contributed by atoms with E-state index in [4.69, 9.17) is 0 Å². The highest BCUT2D eigenvalue weighted by Gasteiger charge is 2.41. The quantitative estimate of drug-likeness (QED) is 0.622. The molecule has 1 aliphatic rings. The average Bonchev–Trinajstić information content (AvgIpc) is 2.99. The Hall–Kier alpha value is -3.20. The first-order valence-electron chi connectivity index (χ1n) is 10.5. The largest absolute Gasteiger partial charge is 0.354 e. The van der Waals surface area contributed by atoms with Gasteiger partial charge < -0.3 is 10.2 Å². The van der Waals surface area contributed by atoms with Gasteiger partial charge in [0.1, 0.15) is 10.9 Å². The van der Waals surface area contributed by atoms with Crippen LogP contribution in [0.1, 0.15) is 42.6 Å². The lowest BCUT2D eigenvalue weighted by Gasteiger charge is -2.29. The first kappa shape index (κ1) is 23.5. The molecule has 0 unspecified atom stereocenters. The standard InChI is InChI=1S/C23H27N3O5S/c1-3-14-24-22(28)17(2)25(16-18-9-5-4-6-10-18)21(27)13-15-26-23(29)19-11-7-8-12-20(19)32(26,30)31/h4-12,17H,3,13-16H2,1-2H3,(H,24,28)/t17-/m0/s1. The van der Waals surface area contributed by atoms with Crippen LogP contribution >= 0.6 is 0 Å². The minimum Gasteiger partial charge on any atom is -0.354 e. The van der Waals surface area contributed by atoms with E-state index in [1.807, 2.05) is 37.3 Å². The Labute approximate surface area is 188 Å². The van der Waals surface area contributed by atoms with Gasteiger partial charge in [0.2, 0.25) is 11.8 Å². The van der Waals surface area contributed by atoms with Crippen LogP contribution in [0.2, 0.25) is 0 Å². The number of rotatable bonds is 9. The van der Waals surface area contributed by atoms with Crippen molar-refractivity contribution in [2.24, 2.45) is 0 Å². The molecule has 170 valence electrons. The molecule has 9 heteroatoms. The monoisotopic (exact) mass is 457 g/mol. The summed E-state index contributed by atoms with van der Waals surface area (Å²) in [6, 6.07) is 14.5. The highest BCUT2D eigenvalue weighted by Crippen LogP contribution is 2.30. The fourth-order valence-corrected chi connectivity index (χ4v) is 5.12. The molecule has 0 bridgehead atoms. The van der Waals surface area contributed by atoms with Crippen LogP contribution in [0, 0.1) is 0 Å². The van der Waals surface area contributed by atoms with Gasteiger partial charge in [0, 0.05) is 26.1 Å². The van der Waals surface area contributed by atoms with Crippen molar-refractivity contribution in [2.75, 3.05) is 13.1 Å². The second-order valence-corrected chi connectivity index (χ2v) is 9.43. The highest BCUT2D eigenvalue weighted by atomic mass is 32.2. The molecule has 1 heterocycles. The van der Waals surface area contributed by atoms with E-state index in [0.717, 1.165) is 16.3 Å². The SMILES string of the molecule is CCCNC(=O)[C@H](C)N(Cc1ccccc1)C(=O)CCN1C(=O)c2ccccc2S1(=O)=O. The van der Waals surface area contributed by atoms with Crippen molar-refractivity contribution in [1.29, 1.82) is 0 Å². The Kier molecular flexibility index (Phi) is 7.29. The molecule has 0 aromatic heterocycles. The van der Waals surface area contributed by atoms with E-state index in [-0.39, 0.29) is 35.9 Å². The smallest absolute Gasteiger partial charge is 0.269 e. The van der Waals surface area contributed by atoms with Gasteiger partial charge in [-0.2, -0.15) is 0 Å². The molecular weight excluding hydrogens is 430 g/mol. The maximum Gasteiger partial charge on any atom is 0.269 e. The molecule has 3 rings (SSSR count). The van der Waals surface area contributed by atoms with Gasteiger partial charge >= 0.3 is 0 Å². The Morgan fingerprint density at radius 2 is 1.72 bits per heavy atom. The number of fused-ring (bicyclic) bond motifs is 1. The van der Waals surface area contributed by atoms with Gasteiger partial charge in [-0.15, -0.1) is 0 Å². The van der Waals surface area contributed by atoms with E-state index in [1.54, 1.807) is 19.1 Å². The van der Waals surface area contributed by atoms with Crippen molar-refractivity contribution >= 4 is 27.7 Å².